The first-order chi connectivity index (χ1) is 7.51. The molecule has 0 aromatic carbocycles. The molecule has 0 aliphatic rings. The second-order valence-electron chi connectivity index (χ2n) is 4.72. The maximum absolute atomic E-state index is 5.63. The number of hydrogen-bond donors (Lipinski definition) is 0. The van der Waals surface area contributed by atoms with Gasteiger partial charge in [-0.1, -0.05) is 5.21 Å². The Morgan fingerprint density at radius 3 is 2.81 bits per heavy atom. The molecule has 0 aliphatic carbocycles. The fraction of sp³-hybridized carbons (Fsp3) is 0.818. The molecule has 1 rings (SSSR count). The average Bonchev–Trinajstić information content (AvgIpc) is 2.62. The zero-order valence-electron chi connectivity index (χ0n) is 10.6. The molecule has 0 N–H and O–H groups in total. The van der Waals surface area contributed by atoms with Gasteiger partial charge >= 0.3 is 0 Å². The SMILES string of the molecule is CSCCCn1cc(COC(C)(C)C)nn1. The number of hydrogen-bond acceptors (Lipinski definition) is 4. The predicted octanol–water partition coefficient (Wildman–Crippen LogP) is 2.35. The summed E-state index contributed by atoms with van der Waals surface area (Å²) in [7, 11) is 0. The minimum atomic E-state index is -0.122. The Morgan fingerprint density at radius 2 is 2.19 bits per heavy atom. The first kappa shape index (κ1) is 13.5. The topological polar surface area (TPSA) is 39.9 Å². The van der Waals surface area contributed by atoms with Crippen LogP contribution in [0.25, 0.3) is 0 Å². The maximum Gasteiger partial charge on any atom is 0.108 e. The van der Waals surface area contributed by atoms with E-state index in [1.54, 1.807) is 0 Å². The number of ether oxygens (including phenoxy) is 1. The average molecular weight is 243 g/mol. The fourth-order valence-corrected chi connectivity index (χ4v) is 1.59. The third-order valence-corrected chi connectivity index (χ3v) is 2.67. The van der Waals surface area contributed by atoms with Crippen LogP contribution in [0.1, 0.15) is 32.9 Å². The molecule has 1 aromatic rings. The van der Waals surface area contributed by atoms with E-state index in [-0.39, 0.29) is 5.60 Å². The van der Waals surface area contributed by atoms with Gasteiger partial charge in [0, 0.05) is 6.54 Å². The zero-order valence-corrected chi connectivity index (χ0v) is 11.4. The third-order valence-electron chi connectivity index (χ3n) is 1.97. The van der Waals surface area contributed by atoms with Crippen LogP contribution in [0.5, 0.6) is 0 Å². The van der Waals surface area contributed by atoms with Crippen LogP contribution in [-0.2, 0) is 17.9 Å². The Labute approximate surface area is 102 Å². The van der Waals surface area contributed by atoms with E-state index in [4.69, 9.17) is 4.74 Å². The second-order valence-corrected chi connectivity index (χ2v) is 5.71. The summed E-state index contributed by atoms with van der Waals surface area (Å²) in [5.74, 6) is 1.16. The first-order valence-electron chi connectivity index (χ1n) is 5.53. The van der Waals surface area contributed by atoms with Gasteiger partial charge in [-0.25, -0.2) is 0 Å². The molecule has 0 aliphatic heterocycles. The smallest absolute Gasteiger partial charge is 0.108 e. The molecule has 1 heterocycles. The maximum atomic E-state index is 5.63. The molecule has 0 spiro atoms. The van der Waals surface area contributed by atoms with Crippen molar-refractivity contribution >= 4 is 11.8 Å². The summed E-state index contributed by atoms with van der Waals surface area (Å²) in [6.07, 6.45) is 5.21. The van der Waals surface area contributed by atoms with Gasteiger partial charge in [0.2, 0.25) is 0 Å². The third kappa shape index (κ3) is 5.51. The molecule has 0 saturated carbocycles. The molecular weight excluding hydrogens is 222 g/mol. The molecule has 0 bridgehead atoms. The summed E-state index contributed by atoms with van der Waals surface area (Å²) in [4.78, 5) is 0. The monoisotopic (exact) mass is 243 g/mol. The van der Waals surface area contributed by atoms with E-state index in [1.807, 2.05) is 43.4 Å². The van der Waals surface area contributed by atoms with Crippen molar-refractivity contribution < 1.29 is 4.74 Å². The minimum absolute atomic E-state index is 0.122. The Bertz CT molecular complexity index is 306. The predicted molar refractivity (Wildman–Crippen MR) is 67.6 cm³/mol. The van der Waals surface area contributed by atoms with Crippen LogP contribution >= 0.6 is 11.8 Å². The van der Waals surface area contributed by atoms with Gasteiger partial charge < -0.3 is 4.74 Å². The zero-order chi connectivity index (χ0) is 12.0. The summed E-state index contributed by atoms with van der Waals surface area (Å²) in [6, 6.07) is 0. The van der Waals surface area contributed by atoms with Crippen LogP contribution in [0.3, 0.4) is 0 Å². The van der Waals surface area contributed by atoms with Gasteiger partial charge in [0.05, 0.1) is 18.4 Å². The molecule has 5 heteroatoms. The molecule has 0 saturated heterocycles. The highest BCUT2D eigenvalue weighted by Gasteiger charge is 2.11. The summed E-state index contributed by atoms with van der Waals surface area (Å²) in [5.41, 5.74) is 0.780. The van der Waals surface area contributed by atoms with Crippen LogP contribution in [-0.4, -0.2) is 32.6 Å². The van der Waals surface area contributed by atoms with Crippen molar-refractivity contribution in [2.45, 2.75) is 45.9 Å². The quantitative estimate of drug-likeness (QED) is 0.719. The molecule has 1 aromatic heterocycles. The lowest BCUT2D eigenvalue weighted by Gasteiger charge is -2.18. The van der Waals surface area contributed by atoms with Crippen LogP contribution in [0, 0.1) is 0 Å². The summed E-state index contributed by atoms with van der Waals surface area (Å²) in [6.45, 7) is 7.58. The molecule has 92 valence electrons. The van der Waals surface area contributed by atoms with Gasteiger partial charge in [-0.3, -0.25) is 4.68 Å². The van der Waals surface area contributed by atoms with Gasteiger partial charge in [0.15, 0.2) is 0 Å². The molecule has 0 amide bonds. The highest BCUT2D eigenvalue weighted by atomic mass is 32.2. The Kier molecular flexibility index (Phi) is 5.28. The largest absolute Gasteiger partial charge is 0.369 e. The molecule has 0 atom stereocenters. The van der Waals surface area contributed by atoms with Gasteiger partial charge in [0.1, 0.15) is 5.69 Å². The van der Waals surface area contributed by atoms with Gasteiger partial charge in [-0.15, -0.1) is 5.10 Å². The normalized spacial score (nSPS) is 12.0. The molecule has 0 radical (unpaired) electrons. The van der Waals surface area contributed by atoms with Crippen molar-refractivity contribution in [3.05, 3.63) is 11.9 Å². The van der Waals surface area contributed by atoms with Crippen LogP contribution in [0.4, 0.5) is 0 Å². The van der Waals surface area contributed by atoms with Crippen molar-refractivity contribution in [3.63, 3.8) is 0 Å². The van der Waals surface area contributed by atoms with Crippen molar-refractivity contribution in [2.24, 2.45) is 0 Å². The highest BCUT2D eigenvalue weighted by Crippen LogP contribution is 2.10. The van der Waals surface area contributed by atoms with Crippen LogP contribution in [0.2, 0.25) is 0 Å². The lowest BCUT2D eigenvalue weighted by Crippen LogP contribution is -2.18. The van der Waals surface area contributed by atoms with E-state index in [0.29, 0.717) is 6.61 Å². The Morgan fingerprint density at radius 1 is 1.44 bits per heavy atom. The van der Waals surface area contributed by atoms with E-state index in [2.05, 4.69) is 16.6 Å². The Balaban J connectivity index is 2.33. The summed E-state index contributed by atoms with van der Waals surface area (Å²) in [5, 5.41) is 8.15. The van der Waals surface area contributed by atoms with Crippen LogP contribution in [0.15, 0.2) is 6.20 Å². The number of aromatic nitrogens is 3. The van der Waals surface area contributed by atoms with Crippen molar-refractivity contribution in [1.82, 2.24) is 15.0 Å². The Hall–Kier alpha value is -0.550. The number of rotatable bonds is 6. The van der Waals surface area contributed by atoms with E-state index in [0.717, 1.165) is 24.4 Å². The number of thioether (sulfide) groups is 1. The van der Waals surface area contributed by atoms with E-state index in [9.17, 15) is 0 Å². The molecule has 4 nitrogen and oxygen atoms in total. The summed E-state index contributed by atoms with van der Waals surface area (Å²) < 4.78 is 7.52. The second kappa shape index (κ2) is 6.25. The van der Waals surface area contributed by atoms with Gasteiger partial charge in [0.25, 0.3) is 0 Å². The molecule has 0 unspecified atom stereocenters. The van der Waals surface area contributed by atoms with Crippen molar-refractivity contribution in [1.29, 1.82) is 0 Å². The number of nitrogens with zero attached hydrogens (tertiary/aromatic N) is 3. The standard InChI is InChI=1S/C11H21N3OS/c1-11(2,3)15-9-10-8-14(13-12-10)6-5-7-16-4/h8H,5-7,9H2,1-4H3. The van der Waals surface area contributed by atoms with Gasteiger partial charge in [-0.2, -0.15) is 11.8 Å². The van der Waals surface area contributed by atoms with Crippen molar-refractivity contribution in [2.75, 3.05) is 12.0 Å². The molecule has 16 heavy (non-hydrogen) atoms. The number of aryl methyl sites for hydroxylation is 1. The molecular formula is C11H21N3OS. The minimum Gasteiger partial charge on any atom is -0.369 e. The van der Waals surface area contributed by atoms with Crippen LogP contribution < -0.4 is 0 Å². The van der Waals surface area contributed by atoms with Crippen molar-refractivity contribution in [3.8, 4) is 0 Å². The van der Waals surface area contributed by atoms with E-state index < -0.39 is 0 Å². The first-order valence-corrected chi connectivity index (χ1v) is 6.92. The highest BCUT2D eigenvalue weighted by molar-refractivity contribution is 7.98. The van der Waals surface area contributed by atoms with Gasteiger partial charge in [-0.05, 0) is 39.2 Å². The van der Waals surface area contributed by atoms with E-state index >= 15 is 0 Å². The summed E-state index contributed by atoms with van der Waals surface area (Å²) >= 11 is 1.86. The fourth-order valence-electron chi connectivity index (χ4n) is 1.18. The molecule has 0 fully saturated rings. The lowest BCUT2D eigenvalue weighted by molar-refractivity contribution is -0.0165. The lowest BCUT2D eigenvalue weighted by atomic mass is 10.2. The van der Waals surface area contributed by atoms with E-state index in [1.165, 1.54) is 0 Å².